The zero-order valence-electron chi connectivity index (χ0n) is 18.7. The first kappa shape index (κ1) is 22.8. The Balaban J connectivity index is 1.36. The van der Waals surface area contributed by atoms with Crippen LogP contribution in [0.15, 0.2) is 18.5 Å². The molecule has 0 bridgehead atoms. The number of carbonyl (C=O) groups excluding carboxylic acids is 2. The van der Waals surface area contributed by atoms with Crippen molar-refractivity contribution in [1.29, 1.82) is 0 Å². The zero-order chi connectivity index (χ0) is 23.7. The highest BCUT2D eigenvalue weighted by Gasteiger charge is 2.39. The van der Waals surface area contributed by atoms with Crippen molar-refractivity contribution in [3.8, 4) is 0 Å². The molecule has 0 radical (unpaired) electrons. The minimum Gasteiger partial charge on any atom is -0.444 e. The average Bonchev–Trinajstić information content (AvgIpc) is 3.54. The van der Waals surface area contributed by atoms with Crippen molar-refractivity contribution in [2.45, 2.75) is 56.7 Å². The molecule has 1 saturated carbocycles. The van der Waals surface area contributed by atoms with Gasteiger partial charge in [0.2, 0.25) is 5.92 Å². The molecule has 12 heteroatoms. The van der Waals surface area contributed by atoms with Crippen molar-refractivity contribution < 1.29 is 27.8 Å². The number of imidazole rings is 1. The fraction of sp³-hybridized carbons (Fsp3) is 0.636. The summed E-state index contributed by atoms with van der Waals surface area (Å²) in [6.45, 7) is 2.53. The Kier molecular flexibility index (Phi) is 6.24. The lowest BCUT2D eigenvalue weighted by Crippen LogP contribution is -2.39. The molecule has 184 valence electrons. The Bertz CT molecular complexity index is 1050. The number of hydrogen-bond donors (Lipinski definition) is 2. The number of rotatable bonds is 6. The molecule has 0 aromatic carbocycles. The van der Waals surface area contributed by atoms with Gasteiger partial charge in [-0.15, -0.1) is 0 Å². The van der Waals surface area contributed by atoms with Crippen LogP contribution in [0.3, 0.4) is 0 Å². The Labute approximate surface area is 195 Å². The molecule has 1 aliphatic carbocycles. The number of fused-ring (bicyclic) bond motifs is 1. The quantitative estimate of drug-likeness (QED) is 0.661. The summed E-state index contributed by atoms with van der Waals surface area (Å²) in [6, 6.07) is 1.14. The molecule has 34 heavy (non-hydrogen) atoms. The van der Waals surface area contributed by atoms with Crippen molar-refractivity contribution in [2.75, 3.05) is 26.3 Å². The van der Waals surface area contributed by atoms with Crippen LogP contribution in [0.25, 0.3) is 5.65 Å². The third kappa shape index (κ3) is 5.06. The first-order valence-electron chi connectivity index (χ1n) is 11.7. The van der Waals surface area contributed by atoms with Crippen LogP contribution in [0.5, 0.6) is 0 Å². The topological polar surface area (TPSA) is 110 Å². The Morgan fingerprint density at radius 1 is 1.35 bits per heavy atom. The zero-order valence-corrected chi connectivity index (χ0v) is 18.7. The third-order valence-electron chi connectivity index (χ3n) is 6.70. The van der Waals surface area contributed by atoms with E-state index in [9.17, 15) is 18.4 Å². The molecule has 3 aliphatic rings. The number of nitrogens with zero attached hydrogens (tertiary/aromatic N) is 4. The van der Waals surface area contributed by atoms with Crippen LogP contribution in [0.4, 0.5) is 18.4 Å². The van der Waals surface area contributed by atoms with Crippen LogP contribution >= 0.6 is 0 Å². The summed E-state index contributed by atoms with van der Waals surface area (Å²) in [5.41, 5.74) is 1.92. The van der Waals surface area contributed by atoms with Crippen LogP contribution in [0.2, 0.25) is 0 Å². The number of ether oxygens (including phenoxy) is 2. The fourth-order valence-corrected chi connectivity index (χ4v) is 4.80. The van der Waals surface area contributed by atoms with Gasteiger partial charge in [0.05, 0.1) is 37.3 Å². The molecule has 3 fully saturated rings. The van der Waals surface area contributed by atoms with Gasteiger partial charge in [-0.1, -0.05) is 0 Å². The molecule has 3 amide bonds. The molecule has 2 saturated heterocycles. The summed E-state index contributed by atoms with van der Waals surface area (Å²) in [6.07, 6.45) is 3.16. The molecule has 5 rings (SSSR count). The molecule has 10 nitrogen and oxygen atoms in total. The van der Waals surface area contributed by atoms with E-state index in [4.69, 9.17) is 9.47 Å². The Morgan fingerprint density at radius 2 is 2.18 bits per heavy atom. The minimum absolute atomic E-state index is 0.117. The van der Waals surface area contributed by atoms with Crippen molar-refractivity contribution >= 4 is 17.8 Å². The fourth-order valence-electron chi connectivity index (χ4n) is 4.80. The maximum absolute atomic E-state index is 13.8. The van der Waals surface area contributed by atoms with Crippen molar-refractivity contribution in [2.24, 2.45) is 5.92 Å². The lowest BCUT2D eigenvalue weighted by Gasteiger charge is -2.33. The number of aromatic nitrogens is 3. The number of nitrogens with one attached hydrogen (secondary N) is 2. The Hall–Kier alpha value is -3.02. The van der Waals surface area contributed by atoms with E-state index in [1.54, 1.807) is 21.8 Å². The summed E-state index contributed by atoms with van der Waals surface area (Å²) in [5, 5.41) is 10.0. The van der Waals surface area contributed by atoms with Crippen LogP contribution in [0.1, 0.15) is 49.4 Å². The van der Waals surface area contributed by atoms with Gasteiger partial charge in [-0.3, -0.25) is 0 Å². The predicted octanol–water partition coefficient (Wildman–Crippen LogP) is 2.64. The number of amides is 3. The normalized spacial score (nSPS) is 23.8. The average molecular weight is 479 g/mol. The molecule has 2 N–H and O–H groups in total. The van der Waals surface area contributed by atoms with Gasteiger partial charge in [0, 0.05) is 38.9 Å². The molecule has 2 aromatic rings. The van der Waals surface area contributed by atoms with E-state index in [0.717, 1.165) is 5.56 Å². The molecular weight excluding hydrogens is 450 g/mol. The van der Waals surface area contributed by atoms with Crippen molar-refractivity contribution in [3.05, 3.63) is 29.7 Å². The number of alkyl halides is 2. The molecule has 2 aliphatic heterocycles. The highest BCUT2D eigenvalue weighted by Crippen LogP contribution is 2.41. The van der Waals surface area contributed by atoms with E-state index in [2.05, 4.69) is 20.7 Å². The van der Waals surface area contributed by atoms with Gasteiger partial charge < -0.3 is 25.0 Å². The lowest BCUT2D eigenvalue weighted by molar-refractivity contribution is -0.0498. The number of hydrogen-bond acceptors (Lipinski definition) is 6. The monoisotopic (exact) mass is 478 g/mol. The third-order valence-corrected chi connectivity index (χ3v) is 6.70. The van der Waals surface area contributed by atoms with Crippen molar-refractivity contribution in [1.82, 2.24) is 30.1 Å². The van der Waals surface area contributed by atoms with Gasteiger partial charge in [-0.2, -0.15) is 5.10 Å². The first-order chi connectivity index (χ1) is 16.4. The standard InChI is InChI=1S/C22H28F2N6O4/c23-22(24)4-1-15(2-5-22)19(28-21(32)34-16-3-8-33-13-16)17-12-30-18(27-17)9-14(10-26-30)11-29-7-6-25-20(29)31/h9-10,12,15-16,19H,1-8,11,13H2,(H,25,31)(H,28,32). The van der Waals surface area contributed by atoms with E-state index in [-0.39, 0.29) is 43.7 Å². The van der Waals surface area contributed by atoms with Gasteiger partial charge in [0.15, 0.2) is 5.65 Å². The van der Waals surface area contributed by atoms with E-state index < -0.39 is 18.1 Å². The van der Waals surface area contributed by atoms with Crippen LogP contribution < -0.4 is 10.6 Å². The number of urea groups is 1. The van der Waals surface area contributed by atoms with E-state index >= 15 is 0 Å². The Morgan fingerprint density at radius 3 is 2.88 bits per heavy atom. The van der Waals surface area contributed by atoms with Gasteiger partial charge >= 0.3 is 12.1 Å². The predicted molar refractivity (Wildman–Crippen MR) is 115 cm³/mol. The number of alkyl carbamates (subject to hydrolysis) is 1. The highest BCUT2D eigenvalue weighted by atomic mass is 19.3. The maximum Gasteiger partial charge on any atom is 0.408 e. The minimum atomic E-state index is -2.68. The van der Waals surface area contributed by atoms with Crippen molar-refractivity contribution in [3.63, 3.8) is 0 Å². The second-order valence-corrected chi connectivity index (χ2v) is 9.19. The smallest absolute Gasteiger partial charge is 0.408 e. The molecular formula is C22H28F2N6O4. The largest absolute Gasteiger partial charge is 0.444 e. The SMILES string of the molecule is O=C(NC(c1cn2ncc(CN3CCNC3=O)cc2n1)C1CCC(F)(F)CC1)OC1CCOC1. The summed E-state index contributed by atoms with van der Waals surface area (Å²) < 4.78 is 39.9. The van der Waals surface area contributed by atoms with Gasteiger partial charge in [-0.05, 0) is 30.4 Å². The molecule has 4 heterocycles. The number of halogens is 2. The molecule has 2 aromatic heterocycles. The molecule has 2 unspecified atom stereocenters. The maximum atomic E-state index is 13.8. The van der Waals surface area contributed by atoms with Gasteiger partial charge in [0.1, 0.15) is 6.10 Å². The number of carbonyl (C=O) groups is 2. The summed E-state index contributed by atoms with van der Waals surface area (Å²) in [5.74, 6) is -2.88. The van der Waals surface area contributed by atoms with Gasteiger partial charge in [-0.25, -0.2) is 27.9 Å². The van der Waals surface area contributed by atoms with E-state index in [1.807, 2.05) is 6.07 Å². The molecule has 2 atom stereocenters. The van der Waals surface area contributed by atoms with Crippen LogP contribution in [-0.2, 0) is 16.0 Å². The van der Waals surface area contributed by atoms with E-state index in [0.29, 0.717) is 50.6 Å². The first-order valence-corrected chi connectivity index (χ1v) is 11.7. The lowest BCUT2D eigenvalue weighted by atomic mass is 9.81. The summed E-state index contributed by atoms with van der Waals surface area (Å²) in [4.78, 5) is 30.8. The second-order valence-electron chi connectivity index (χ2n) is 9.19. The van der Waals surface area contributed by atoms with Crippen LogP contribution in [0, 0.1) is 5.92 Å². The molecule has 0 spiro atoms. The summed E-state index contributed by atoms with van der Waals surface area (Å²) >= 11 is 0. The van der Waals surface area contributed by atoms with Crippen LogP contribution in [-0.4, -0.2) is 70.0 Å². The van der Waals surface area contributed by atoms with Gasteiger partial charge in [0.25, 0.3) is 0 Å². The highest BCUT2D eigenvalue weighted by molar-refractivity contribution is 5.76. The van der Waals surface area contributed by atoms with E-state index in [1.165, 1.54) is 0 Å². The second kappa shape index (κ2) is 9.32. The summed E-state index contributed by atoms with van der Waals surface area (Å²) in [7, 11) is 0.